The maximum absolute atomic E-state index is 12.0. The molecule has 1 aromatic carbocycles. The van der Waals surface area contributed by atoms with Crippen molar-refractivity contribution in [2.45, 2.75) is 12.4 Å². The smallest absolute Gasteiger partial charge is 0.358 e. The Bertz CT molecular complexity index is 298. The topological polar surface area (TPSA) is 0 Å². The van der Waals surface area contributed by atoms with Gasteiger partial charge in [0.05, 0.1) is 0 Å². The van der Waals surface area contributed by atoms with Gasteiger partial charge in [-0.25, -0.2) is 0 Å². The molecule has 0 spiro atoms. The third kappa shape index (κ3) is 4.52. The van der Waals surface area contributed by atoms with Crippen LogP contribution in [0.2, 0.25) is 0 Å². The van der Waals surface area contributed by atoms with Crippen molar-refractivity contribution in [1.29, 1.82) is 0 Å². The van der Waals surface area contributed by atoms with E-state index < -0.39 is 23.5 Å². The zero-order valence-corrected chi connectivity index (χ0v) is 10.4. The van der Waals surface area contributed by atoms with Crippen LogP contribution >= 0.6 is 0 Å². The molecule has 0 aliphatic rings. The minimum Gasteiger partial charge on any atom is -0.358 e. The number of benzene rings is 1. The minimum absolute atomic E-state index is 0. The van der Waals surface area contributed by atoms with E-state index in [-0.39, 0.29) is 33.3 Å². The SMILES string of the molecule is FC(F)(F)c1c[c-]cc(C(F)(F)F)c1.[CH3-].[Os+2]. The number of alkyl halides is 6. The molecule has 0 heterocycles. The maximum atomic E-state index is 12.0. The second-order valence-electron chi connectivity index (χ2n) is 2.51. The molecule has 0 radical (unpaired) electrons. The summed E-state index contributed by atoms with van der Waals surface area (Å²) in [4.78, 5) is 0. The van der Waals surface area contributed by atoms with E-state index in [0.717, 1.165) is 0 Å². The molecule has 92 valence electrons. The van der Waals surface area contributed by atoms with Crippen LogP contribution in [0.1, 0.15) is 11.1 Å². The second-order valence-corrected chi connectivity index (χ2v) is 2.51. The molecule has 0 unspecified atom stereocenters. The van der Waals surface area contributed by atoms with Crippen LogP contribution in [0.4, 0.5) is 26.3 Å². The Hall–Kier alpha value is -0.564. The summed E-state index contributed by atoms with van der Waals surface area (Å²) in [6.07, 6.45) is -9.56. The molecule has 16 heavy (non-hydrogen) atoms. The molecule has 0 N–H and O–H groups in total. The molecule has 0 aliphatic heterocycles. The first-order valence-corrected chi connectivity index (χ1v) is 3.37. The Morgan fingerprint density at radius 2 is 1.12 bits per heavy atom. The molecule has 0 saturated carbocycles. The van der Waals surface area contributed by atoms with Crippen LogP contribution in [0.5, 0.6) is 0 Å². The summed E-state index contributed by atoms with van der Waals surface area (Å²) in [7, 11) is 0. The third-order valence-electron chi connectivity index (χ3n) is 1.44. The van der Waals surface area contributed by atoms with Gasteiger partial charge < -0.3 is 7.43 Å². The molecule has 0 fully saturated rings. The van der Waals surface area contributed by atoms with E-state index in [4.69, 9.17) is 0 Å². The minimum atomic E-state index is -4.78. The summed E-state index contributed by atoms with van der Waals surface area (Å²) >= 11 is 0. The van der Waals surface area contributed by atoms with E-state index in [1.807, 2.05) is 0 Å². The van der Waals surface area contributed by atoms with Gasteiger partial charge in [0.1, 0.15) is 0 Å². The zero-order chi connectivity index (χ0) is 11.0. The van der Waals surface area contributed by atoms with Gasteiger partial charge in [-0.15, -0.1) is 6.07 Å². The molecule has 0 nitrogen and oxygen atoms in total. The molecule has 0 saturated heterocycles. The Balaban J connectivity index is 0. The largest absolute Gasteiger partial charge is 2.00 e. The predicted molar refractivity (Wildman–Crippen MR) is 41.7 cm³/mol. The van der Waals surface area contributed by atoms with Crippen molar-refractivity contribution in [3.05, 3.63) is 42.8 Å². The number of rotatable bonds is 0. The molecule has 0 bridgehead atoms. The average molecular weight is 418 g/mol. The molecule has 1 aromatic rings. The van der Waals surface area contributed by atoms with E-state index in [1.54, 1.807) is 6.07 Å². The summed E-state index contributed by atoms with van der Waals surface area (Å²) in [5, 5.41) is 0. The molecule has 0 atom stereocenters. The molecule has 0 aliphatic carbocycles. The van der Waals surface area contributed by atoms with E-state index in [1.165, 1.54) is 0 Å². The number of hydrogen-bond donors (Lipinski definition) is 0. The Kier molecular flexibility index (Phi) is 6.32. The first-order chi connectivity index (χ1) is 6.21. The van der Waals surface area contributed by atoms with Gasteiger partial charge in [0.2, 0.25) is 0 Å². The van der Waals surface area contributed by atoms with Gasteiger partial charge in [-0.05, 0) is 0 Å². The quantitative estimate of drug-likeness (QED) is 0.442. The molecule has 7 heteroatoms. The summed E-state index contributed by atoms with van der Waals surface area (Å²) in [5.74, 6) is 0. The second kappa shape index (κ2) is 5.67. The van der Waals surface area contributed by atoms with Crippen LogP contribution in [0, 0.1) is 13.5 Å². The third-order valence-corrected chi connectivity index (χ3v) is 1.44. The van der Waals surface area contributed by atoms with Crippen molar-refractivity contribution in [2.24, 2.45) is 0 Å². The number of hydrogen-bond acceptors (Lipinski definition) is 0. The van der Waals surface area contributed by atoms with Gasteiger partial charge in [0.15, 0.2) is 0 Å². The van der Waals surface area contributed by atoms with Crippen LogP contribution in [-0.4, -0.2) is 0 Å². The van der Waals surface area contributed by atoms with Crippen LogP contribution < -0.4 is 0 Å². The normalized spacial score (nSPS) is 11.4. The summed E-state index contributed by atoms with van der Waals surface area (Å²) in [6, 6.07) is 2.79. The molecular weight excluding hydrogens is 412 g/mol. The van der Waals surface area contributed by atoms with Crippen molar-refractivity contribution < 1.29 is 46.1 Å². The van der Waals surface area contributed by atoms with E-state index in [9.17, 15) is 26.3 Å². The first kappa shape index (κ1) is 17.8. The van der Waals surface area contributed by atoms with Gasteiger partial charge in [-0.1, -0.05) is 11.1 Å². The van der Waals surface area contributed by atoms with E-state index >= 15 is 0 Å². The summed E-state index contributed by atoms with van der Waals surface area (Å²) < 4.78 is 71.8. The van der Waals surface area contributed by atoms with Crippen molar-refractivity contribution >= 4 is 0 Å². The van der Waals surface area contributed by atoms with Gasteiger partial charge in [0.25, 0.3) is 0 Å². The van der Waals surface area contributed by atoms with Crippen molar-refractivity contribution in [2.75, 3.05) is 0 Å². The summed E-state index contributed by atoms with van der Waals surface area (Å²) in [6.45, 7) is 0. The molecule has 0 aromatic heterocycles. The van der Waals surface area contributed by atoms with Gasteiger partial charge in [0, 0.05) is 0 Å². The van der Waals surface area contributed by atoms with Crippen LogP contribution in [0.25, 0.3) is 0 Å². The van der Waals surface area contributed by atoms with Crippen LogP contribution in [0.15, 0.2) is 18.2 Å². The zero-order valence-electron chi connectivity index (χ0n) is 7.85. The van der Waals surface area contributed by atoms with Crippen molar-refractivity contribution in [3.63, 3.8) is 0 Å². The maximum Gasteiger partial charge on any atom is 2.00 e. The fourth-order valence-electron chi connectivity index (χ4n) is 0.799. The predicted octanol–water partition coefficient (Wildman–Crippen LogP) is 3.97. The standard InChI is InChI=1S/C8H3F6.CH3.Os/c9-7(10,11)5-2-1-3-6(4-5)8(12,13)14;;/h2-4H;1H3;/q2*-1;+2. The Morgan fingerprint density at radius 1 is 0.812 bits per heavy atom. The van der Waals surface area contributed by atoms with Crippen molar-refractivity contribution in [3.8, 4) is 0 Å². The fraction of sp³-hybridized carbons (Fsp3) is 0.222. The van der Waals surface area contributed by atoms with Gasteiger partial charge in [-0.2, -0.15) is 44.5 Å². The van der Waals surface area contributed by atoms with Crippen LogP contribution in [0.3, 0.4) is 0 Å². The van der Waals surface area contributed by atoms with Gasteiger partial charge >= 0.3 is 32.1 Å². The fourth-order valence-corrected chi connectivity index (χ4v) is 0.799. The van der Waals surface area contributed by atoms with Crippen LogP contribution in [-0.2, 0) is 32.1 Å². The summed E-state index contributed by atoms with van der Waals surface area (Å²) in [5.41, 5.74) is -2.71. The van der Waals surface area contributed by atoms with Gasteiger partial charge in [-0.3, -0.25) is 0 Å². The van der Waals surface area contributed by atoms with E-state index in [2.05, 4.69) is 0 Å². The molecule has 0 amide bonds. The molecule has 1 rings (SSSR count). The number of halogens is 6. The molecular formula is C9H6F6Os. The Labute approximate surface area is 102 Å². The first-order valence-electron chi connectivity index (χ1n) is 3.37. The Morgan fingerprint density at radius 3 is 1.38 bits per heavy atom. The monoisotopic (exact) mass is 420 g/mol. The van der Waals surface area contributed by atoms with E-state index in [0.29, 0.717) is 12.1 Å². The van der Waals surface area contributed by atoms with Crippen molar-refractivity contribution in [1.82, 2.24) is 0 Å². The average Bonchev–Trinajstić information content (AvgIpc) is 2.01.